The van der Waals surface area contributed by atoms with Crippen LogP contribution < -0.4 is 5.32 Å². The first-order valence-electron chi connectivity index (χ1n) is 7.79. The largest absolute Gasteiger partial charge is 0.481 e. The van der Waals surface area contributed by atoms with Gasteiger partial charge < -0.3 is 15.3 Å². The maximum atomic E-state index is 12.1. The molecule has 1 saturated carbocycles. The molecule has 1 unspecified atom stereocenters. The summed E-state index contributed by atoms with van der Waals surface area (Å²) in [7, 11) is 0. The van der Waals surface area contributed by atoms with Gasteiger partial charge in [-0.2, -0.15) is 0 Å². The number of hydrogen-bond acceptors (Lipinski definition) is 2. The molecule has 2 N–H and O–H groups in total. The fourth-order valence-electron chi connectivity index (χ4n) is 3.18. The van der Waals surface area contributed by atoms with Gasteiger partial charge in [0, 0.05) is 25.0 Å². The summed E-state index contributed by atoms with van der Waals surface area (Å²) in [5, 5.41) is 12.0. The predicted molar refractivity (Wildman–Crippen MR) is 76.4 cm³/mol. The van der Waals surface area contributed by atoms with Gasteiger partial charge in [0.15, 0.2) is 0 Å². The van der Waals surface area contributed by atoms with E-state index >= 15 is 0 Å². The number of carboxylic acid groups (broad SMARTS) is 1. The van der Waals surface area contributed by atoms with Crippen LogP contribution >= 0.6 is 0 Å². The zero-order chi connectivity index (χ0) is 14.7. The number of carbonyl (C=O) groups is 2. The molecule has 5 nitrogen and oxygen atoms in total. The van der Waals surface area contributed by atoms with Crippen LogP contribution in [-0.4, -0.2) is 41.1 Å². The topological polar surface area (TPSA) is 69.6 Å². The maximum Gasteiger partial charge on any atom is 0.317 e. The number of nitrogens with one attached hydrogen (secondary N) is 1. The predicted octanol–water partition coefficient (Wildman–Crippen LogP) is 2.32. The van der Waals surface area contributed by atoms with Crippen LogP contribution in [0.15, 0.2) is 0 Å². The Bertz CT molecular complexity index is 358. The molecule has 2 aliphatic rings. The lowest BCUT2D eigenvalue weighted by Crippen LogP contribution is -2.58. The van der Waals surface area contributed by atoms with Crippen molar-refractivity contribution < 1.29 is 14.7 Å². The molecule has 0 aromatic heterocycles. The monoisotopic (exact) mass is 282 g/mol. The third-order valence-corrected chi connectivity index (χ3v) is 5.05. The van der Waals surface area contributed by atoms with E-state index in [1.54, 1.807) is 11.8 Å². The number of nitrogens with zero attached hydrogens (tertiary/aromatic N) is 1. The maximum absolute atomic E-state index is 12.1. The second kappa shape index (κ2) is 6.46. The quantitative estimate of drug-likeness (QED) is 0.831. The Kier molecular flexibility index (Phi) is 4.89. The summed E-state index contributed by atoms with van der Waals surface area (Å²) in [5.74, 6) is -0.200. The van der Waals surface area contributed by atoms with Crippen molar-refractivity contribution >= 4 is 12.0 Å². The molecule has 1 heterocycles. The molecule has 20 heavy (non-hydrogen) atoms. The number of rotatable bonds is 4. The minimum atomic E-state index is -0.770. The Morgan fingerprint density at radius 3 is 2.35 bits per heavy atom. The SMILES string of the molecule is CCC1CCC(NC(=O)N2CC(C(C)C(=O)O)C2)CC1. The van der Waals surface area contributed by atoms with Crippen molar-refractivity contribution in [3.63, 3.8) is 0 Å². The number of likely N-dealkylation sites (tertiary alicyclic amines) is 1. The minimum Gasteiger partial charge on any atom is -0.481 e. The highest BCUT2D eigenvalue weighted by molar-refractivity contribution is 5.76. The fourth-order valence-corrected chi connectivity index (χ4v) is 3.18. The molecule has 0 aromatic rings. The highest BCUT2D eigenvalue weighted by Crippen LogP contribution is 2.28. The Balaban J connectivity index is 1.69. The van der Waals surface area contributed by atoms with Crippen LogP contribution in [0.5, 0.6) is 0 Å². The fraction of sp³-hybridized carbons (Fsp3) is 0.867. The molecule has 114 valence electrons. The van der Waals surface area contributed by atoms with Gasteiger partial charge in [0.1, 0.15) is 0 Å². The van der Waals surface area contributed by atoms with Gasteiger partial charge in [-0.25, -0.2) is 4.79 Å². The van der Waals surface area contributed by atoms with Crippen LogP contribution in [0, 0.1) is 17.8 Å². The van der Waals surface area contributed by atoms with Crippen molar-refractivity contribution in [2.24, 2.45) is 17.8 Å². The Morgan fingerprint density at radius 2 is 1.85 bits per heavy atom. The van der Waals surface area contributed by atoms with Gasteiger partial charge in [-0.3, -0.25) is 4.79 Å². The average molecular weight is 282 g/mol. The van der Waals surface area contributed by atoms with Crippen LogP contribution in [0.3, 0.4) is 0 Å². The van der Waals surface area contributed by atoms with E-state index in [-0.39, 0.29) is 17.9 Å². The number of carboxylic acids is 1. The molecular weight excluding hydrogens is 256 g/mol. The van der Waals surface area contributed by atoms with Crippen LogP contribution in [0.1, 0.15) is 46.0 Å². The molecule has 2 fully saturated rings. The average Bonchev–Trinajstić information content (AvgIpc) is 2.37. The number of aliphatic carboxylic acids is 1. The zero-order valence-corrected chi connectivity index (χ0v) is 12.5. The van der Waals surface area contributed by atoms with Gasteiger partial charge in [-0.05, 0) is 31.6 Å². The van der Waals surface area contributed by atoms with Gasteiger partial charge in [0.25, 0.3) is 0 Å². The lowest BCUT2D eigenvalue weighted by molar-refractivity contribution is -0.144. The summed E-state index contributed by atoms with van der Waals surface area (Å²) in [6.45, 7) is 5.09. The molecule has 1 aliphatic carbocycles. The first-order chi connectivity index (χ1) is 9.51. The first-order valence-corrected chi connectivity index (χ1v) is 7.79. The van der Waals surface area contributed by atoms with E-state index in [4.69, 9.17) is 5.11 Å². The lowest BCUT2D eigenvalue weighted by atomic mass is 9.84. The summed E-state index contributed by atoms with van der Waals surface area (Å²) < 4.78 is 0. The van der Waals surface area contributed by atoms with Crippen molar-refractivity contribution in [1.29, 1.82) is 0 Å². The lowest BCUT2D eigenvalue weighted by Gasteiger charge is -2.42. The molecule has 5 heteroatoms. The summed E-state index contributed by atoms with van der Waals surface area (Å²) >= 11 is 0. The normalized spacial score (nSPS) is 28.6. The zero-order valence-electron chi connectivity index (χ0n) is 12.5. The summed E-state index contributed by atoms with van der Waals surface area (Å²) in [5.41, 5.74) is 0. The molecular formula is C15H26N2O3. The van der Waals surface area contributed by atoms with Crippen LogP contribution in [-0.2, 0) is 4.79 Å². The van der Waals surface area contributed by atoms with E-state index < -0.39 is 5.97 Å². The molecule has 0 radical (unpaired) electrons. The highest BCUT2D eigenvalue weighted by atomic mass is 16.4. The molecule has 2 rings (SSSR count). The second-order valence-electron chi connectivity index (χ2n) is 6.37. The van der Waals surface area contributed by atoms with Crippen molar-refractivity contribution in [2.75, 3.05) is 13.1 Å². The van der Waals surface area contributed by atoms with Crippen LogP contribution in [0.4, 0.5) is 4.79 Å². The van der Waals surface area contributed by atoms with Crippen molar-refractivity contribution in [3.05, 3.63) is 0 Å². The smallest absolute Gasteiger partial charge is 0.317 e. The Morgan fingerprint density at radius 1 is 1.25 bits per heavy atom. The number of hydrogen-bond donors (Lipinski definition) is 2. The van der Waals surface area contributed by atoms with E-state index in [0.29, 0.717) is 19.1 Å². The van der Waals surface area contributed by atoms with Crippen LogP contribution in [0.2, 0.25) is 0 Å². The van der Waals surface area contributed by atoms with Gasteiger partial charge in [0.05, 0.1) is 5.92 Å². The van der Waals surface area contributed by atoms with E-state index in [2.05, 4.69) is 12.2 Å². The van der Waals surface area contributed by atoms with Gasteiger partial charge in [-0.1, -0.05) is 20.3 Å². The molecule has 1 aliphatic heterocycles. The van der Waals surface area contributed by atoms with E-state index in [9.17, 15) is 9.59 Å². The molecule has 2 amide bonds. The molecule has 0 spiro atoms. The third kappa shape index (κ3) is 3.44. The molecule has 1 atom stereocenters. The van der Waals surface area contributed by atoms with Crippen molar-refractivity contribution in [3.8, 4) is 0 Å². The first kappa shape index (κ1) is 15.1. The summed E-state index contributed by atoms with van der Waals surface area (Å²) in [4.78, 5) is 24.6. The van der Waals surface area contributed by atoms with Gasteiger partial charge in [-0.15, -0.1) is 0 Å². The molecule has 1 saturated heterocycles. The number of urea groups is 1. The Labute approximate surface area is 120 Å². The van der Waals surface area contributed by atoms with E-state index in [1.807, 2.05) is 0 Å². The third-order valence-electron chi connectivity index (χ3n) is 5.05. The van der Waals surface area contributed by atoms with Crippen molar-refractivity contribution in [1.82, 2.24) is 10.2 Å². The van der Waals surface area contributed by atoms with Gasteiger partial charge >= 0.3 is 12.0 Å². The number of carbonyl (C=O) groups excluding carboxylic acids is 1. The summed E-state index contributed by atoms with van der Waals surface area (Å²) in [6, 6.07) is 0.292. The van der Waals surface area contributed by atoms with E-state index in [1.165, 1.54) is 19.3 Å². The molecule has 0 bridgehead atoms. The minimum absolute atomic E-state index is 0.0150. The van der Waals surface area contributed by atoms with Crippen LogP contribution in [0.25, 0.3) is 0 Å². The van der Waals surface area contributed by atoms with Gasteiger partial charge in [0.2, 0.25) is 0 Å². The number of amides is 2. The van der Waals surface area contributed by atoms with E-state index in [0.717, 1.165) is 18.8 Å². The summed E-state index contributed by atoms with van der Waals surface area (Å²) in [6.07, 6.45) is 5.81. The van der Waals surface area contributed by atoms with Crippen molar-refractivity contribution in [2.45, 2.75) is 52.0 Å². The standard InChI is InChI=1S/C15H26N2O3/c1-3-11-4-6-13(7-5-11)16-15(20)17-8-12(9-17)10(2)14(18)19/h10-13H,3-9H2,1-2H3,(H,16,20)(H,18,19). The molecule has 0 aromatic carbocycles. The Hall–Kier alpha value is -1.26. The second-order valence-corrected chi connectivity index (χ2v) is 6.37. The highest BCUT2D eigenvalue weighted by Gasteiger charge is 2.37.